The minimum atomic E-state index is -4.36. The van der Waals surface area contributed by atoms with E-state index in [-0.39, 0.29) is 13.2 Å². The first-order valence-corrected chi connectivity index (χ1v) is 7.96. The summed E-state index contributed by atoms with van der Waals surface area (Å²) in [6.45, 7) is 2.10. The Kier molecular flexibility index (Phi) is 4.88. The number of carbonyl (C=O) groups excluding carboxylic acids is 1. The molecule has 1 N–H and O–H groups in total. The summed E-state index contributed by atoms with van der Waals surface area (Å²) >= 11 is 0. The molecule has 0 atom stereocenters. The fourth-order valence-corrected chi connectivity index (χ4v) is 2.52. The maximum absolute atomic E-state index is 12.6. The number of benzene rings is 2. The molecule has 7 heteroatoms. The Hall–Kier alpha value is -2.96. The van der Waals surface area contributed by atoms with Gasteiger partial charge in [0.1, 0.15) is 18.1 Å². The molecular formula is C19H16F3NO3. The molecule has 4 nitrogen and oxygen atoms in total. The van der Waals surface area contributed by atoms with Gasteiger partial charge < -0.3 is 14.5 Å². The highest BCUT2D eigenvalue weighted by Gasteiger charge is 2.29. The summed E-state index contributed by atoms with van der Waals surface area (Å²) < 4.78 is 48.5. The SMILES string of the molecule is CCOC(=O)c1cc2c(OCc3ccc(C(F)(F)F)cc3)cccc2[nH]1. The van der Waals surface area contributed by atoms with Crippen LogP contribution in [-0.4, -0.2) is 17.6 Å². The van der Waals surface area contributed by atoms with Crippen LogP contribution in [0.25, 0.3) is 10.9 Å². The third-order valence-corrected chi connectivity index (χ3v) is 3.80. The number of hydrogen-bond acceptors (Lipinski definition) is 3. The van der Waals surface area contributed by atoms with Crippen LogP contribution in [0.5, 0.6) is 5.75 Å². The molecule has 136 valence electrons. The first-order valence-electron chi connectivity index (χ1n) is 7.96. The molecule has 1 aromatic heterocycles. The van der Waals surface area contributed by atoms with Crippen molar-refractivity contribution in [2.24, 2.45) is 0 Å². The van der Waals surface area contributed by atoms with Crippen molar-refractivity contribution in [3.63, 3.8) is 0 Å². The van der Waals surface area contributed by atoms with Crippen LogP contribution < -0.4 is 4.74 Å². The topological polar surface area (TPSA) is 51.3 Å². The van der Waals surface area contributed by atoms with Crippen LogP contribution in [0, 0.1) is 0 Å². The van der Waals surface area contributed by atoms with Crippen LogP contribution in [-0.2, 0) is 17.5 Å². The van der Waals surface area contributed by atoms with Crippen LogP contribution in [0.4, 0.5) is 13.2 Å². The van der Waals surface area contributed by atoms with Crippen LogP contribution >= 0.6 is 0 Å². The summed E-state index contributed by atoms with van der Waals surface area (Å²) in [4.78, 5) is 14.8. The van der Waals surface area contributed by atoms with Crippen LogP contribution in [0.1, 0.15) is 28.5 Å². The van der Waals surface area contributed by atoms with Crippen LogP contribution in [0.3, 0.4) is 0 Å². The lowest BCUT2D eigenvalue weighted by Gasteiger charge is -2.09. The van der Waals surface area contributed by atoms with E-state index in [9.17, 15) is 18.0 Å². The van der Waals surface area contributed by atoms with E-state index in [0.29, 0.717) is 27.9 Å². The number of rotatable bonds is 5. The number of H-pyrrole nitrogens is 1. The van der Waals surface area contributed by atoms with Crippen molar-refractivity contribution in [1.29, 1.82) is 0 Å². The number of halogens is 3. The third kappa shape index (κ3) is 3.82. The van der Waals surface area contributed by atoms with E-state index in [2.05, 4.69) is 4.98 Å². The number of alkyl halides is 3. The van der Waals surface area contributed by atoms with Crippen molar-refractivity contribution < 1.29 is 27.4 Å². The molecule has 0 radical (unpaired) electrons. The minimum absolute atomic E-state index is 0.108. The Morgan fingerprint density at radius 2 is 1.85 bits per heavy atom. The van der Waals surface area contributed by atoms with Crippen molar-refractivity contribution in [1.82, 2.24) is 4.98 Å². The van der Waals surface area contributed by atoms with Crippen molar-refractivity contribution in [2.75, 3.05) is 6.61 Å². The predicted molar refractivity (Wildman–Crippen MR) is 90.0 cm³/mol. The van der Waals surface area contributed by atoms with Gasteiger partial charge in [0.25, 0.3) is 0 Å². The Labute approximate surface area is 147 Å². The number of hydrogen-bond donors (Lipinski definition) is 1. The molecule has 0 spiro atoms. The molecule has 0 unspecified atom stereocenters. The second kappa shape index (κ2) is 7.11. The van der Waals surface area contributed by atoms with Crippen molar-refractivity contribution >= 4 is 16.9 Å². The normalized spacial score (nSPS) is 11.5. The molecule has 0 aliphatic rings. The van der Waals surface area contributed by atoms with E-state index in [0.717, 1.165) is 12.1 Å². The first-order chi connectivity index (χ1) is 12.4. The van der Waals surface area contributed by atoms with Crippen molar-refractivity contribution in [2.45, 2.75) is 19.7 Å². The molecule has 26 heavy (non-hydrogen) atoms. The Bertz CT molecular complexity index is 914. The van der Waals surface area contributed by atoms with Gasteiger partial charge in [0.05, 0.1) is 12.2 Å². The van der Waals surface area contributed by atoms with E-state index in [1.54, 1.807) is 31.2 Å². The zero-order valence-electron chi connectivity index (χ0n) is 13.9. The number of carbonyl (C=O) groups is 1. The molecule has 3 rings (SSSR count). The summed E-state index contributed by atoms with van der Waals surface area (Å²) in [5, 5.41) is 0.697. The maximum Gasteiger partial charge on any atom is 0.416 e. The monoisotopic (exact) mass is 363 g/mol. The van der Waals surface area contributed by atoms with Crippen molar-refractivity contribution in [3.8, 4) is 5.75 Å². The fraction of sp³-hybridized carbons (Fsp3) is 0.211. The quantitative estimate of drug-likeness (QED) is 0.653. The Balaban J connectivity index is 1.77. The number of ether oxygens (including phenoxy) is 2. The largest absolute Gasteiger partial charge is 0.488 e. The van der Waals surface area contributed by atoms with Gasteiger partial charge in [-0.25, -0.2) is 4.79 Å². The highest BCUT2D eigenvalue weighted by atomic mass is 19.4. The van der Waals surface area contributed by atoms with Gasteiger partial charge in [-0.3, -0.25) is 0 Å². The zero-order valence-corrected chi connectivity index (χ0v) is 13.9. The van der Waals surface area contributed by atoms with Gasteiger partial charge in [0.15, 0.2) is 0 Å². The van der Waals surface area contributed by atoms with Gasteiger partial charge in [0.2, 0.25) is 0 Å². The first kappa shape index (κ1) is 17.8. The van der Waals surface area contributed by atoms with Gasteiger partial charge in [-0.05, 0) is 42.8 Å². The predicted octanol–water partition coefficient (Wildman–Crippen LogP) is 4.94. The second-order valence-corrected chi connectivity index (χ2v) is 5.60. The van der Waals surface area contributed by atoms with Crippen LogP contribution in [0.15, 0.2) is 48.5 Å². The molecule has 0 aliphatic carbocycles. The summed E-state index contributed by atoms with van der Waals surface area (Å²) in [6, 6.07) is 11.7. The average Bonchev–Trinajstić information content (AvgIpc) is 3.05. The van der Waals surface area contributed by atoms with Gasteiger partial charge in [-0.2, -0.15) is 13.2 Å². The Morgan fingerprint density at radius 3 is 2.50 bits per heavy atom. The minimum Gasteiger partial charge on any atom is -0.488 e. The molecule has 0 amide bonds. The van der Waals surface area contributed by atoms with E-state index in [1.807, 2.05) is 0 Å². The molecule has 3 aromatic rings. The number of fused-ring (bicyclic) bond motifs is 1. The van der Waals surface area contributed by atoms with Gasteiger partial charge in [-0.15, -0.1) is 0 Å². The van der Waals surface area contributed by atoms with E-state index >= 15 is 0 Å². The summed E-state index contributed by atoms with van der Waals surface area (Å²) in [7, 11) is 0. The van der Waals surface area contributed by atoms with Gasteiger partial charge in [-0.1, -0.05) is 18.2 Å². The van der Waals surface area contributed by atoms with Gasteiger partial charge >= 0.3 is 12.1 Å². The fourth-order valence-electron chi connectivity index (χ4n) is 2.52. The van der Waals surface area contributed by atoms with Crippen LogP contribution in [0.2, 0.25) is 0 Å². The highest BCUT2D eigenvalue weighted by molar-refractivity contribution is 5.97. The smallest absolute Gasteiger partial charge is 0.416 e. The molecule has 0 fully saturated rings. The lowest BCUT2D eigenvalue weighted by molar-refractivity contribution is -0.137. The number of aromatic nitrogens is 1. The average molecular weight is 363 g/mol. The van der Waals surface area contributed by atoms with Gasteiger partial charge in [0, 0.05) is 10.9 Å². The summed E-state index contributed by atoms with van der Waals surface area (Å²) in [5.41, 5.74) is 0.926. The summed E-state index contributed by atoms with van der Waals surface area (Å²) in [5.74, 6) is 0.0617. The molecule has 0 saturated heterocycles. The molecule has 0 aliphatic heterocycles. The molecule has 0 saturated carbocycles. The van der Waals surface area contributed by atoms with E-state index < -0.39 is 17.7 Å². The Morgan fingerprint density at radius 1 is 1.12 bits per heavy atom. The number of nitrogens with one attached hydrogen (secondary N) is 1. The standard InChI is InChI=1S/C19H16F3NO3/c1-2-25-18(24)16-10-14-15(23-16)4-3-5-17(14)26-11-12-6-8-13(9-7-12)19(20,21)22/h3-10,23H,2,11H2,1H3. The zero-order chi connectivity index (χ0) is 18.7. The lowest BCUT2D eigenvalue weighted by atomic mass is 10.1. The third-order valence-electron chi connectivity index (χ3n) is 3.80. The molecule has 0 bridgehead atoms. The highest BCUT2D eigenvalue weighted by Crippen LogP contribution is 2.30. The number of aromatic amines is 1. The summed E-state index contributed by atoms with van der Waals surface area (Å²) in [6.07, 6.45) is -4.36. The molecule has 1 heterocycles. The van der Waals surface area contributed by atoms with Crippen molar-refractivity contribution in [3.05, 3.63) is 65.4 Å². The van der Waals surface area contributed by atoms with E-state index in [4.69, 9.17) is 9.47 Å². The number of esters is 1. The molecule has 2 aromatic carbocycles. The molecular weight excluding hydrogens is 347 g/mol. The lowest BCUT2D eigenvalue weighted by Crippen LogP contribution is -2.05. The second-order valence-electron chi connectivity index (χ2n) is 5.60. The van der Waals surface area contributed by atoms with E-state index in [1.165, 1.54) is 12.1 Å². The maximum atomic E-state index is 12.6.